The lowest BCUT2D eigenvalue weighted by atomic mass is 10.0. The highest BCUT2D eigenvalue weighted by molar-refractivity contribution is 5.85. The maximum Gasteiger partial charge on any atom is 0.213 e. The van der Waals surface area contributed by atoms with Crippen LogP contribution >= 0.6 is 0 Å². The molecule has 2 N–H and O–H groups in total. The third-order valence-electron chi connectivity index (χ3n) is 4.02. The summed E-state index contributed by atoms with van der Waals surface area (Å²) >= 11 is 0. The Bertz CT molecular complexity index is 988. The van der Waals surface area contributed by atoms with E-state index >= 15 is 0 Å². The highest BCUT2D eigenvalue weighted by atomic mass is 19.1. The van der Waals surface area contributed by atoms with Gasteiger partial charge in [-0.2, -0.15) is 4.39 Å². The molecule has 0 atom stereocenters. The number of fused-ring (bicyclic) bond motifs is 1. The molecule has 0 amide bonds. The van der Waals surface area contributed by atoms with Crippen molar-refractivity contribution in [2.45, 2.75) is 0 Å². The lowest BCUT2D eigenvalue weighted by Gasteiger charge is -2.04. The molecule has 1 aromatic carbocycles. The molecule has 5 heteroatoms. The van der Waals surface area contributed by atoms with E-state index in [0.717, 1.165) is 39.1 Å². The van der Waals surface area contributed by atoms with Gasteiger partial charge in [0.15, 0.2) is 0 Å². The summed E-state index contributed by atoms with van der Waals surface area (Å²) in [5, 5.41) is 3.82. The Morgan fingerprint density at radius 2 is 1.62 bits per heavy atom. The molecular weight excluding hydrogens is 303 g/mol. The van der Waals surface area contributed by atoms with Crippen LogP contribution in [0, 0.1) is 5.95 Å². The second kappa shape index (κ2) is 5.77. The Hall–Kier alpha value is -3.21. The smallest absolute Gasteiger partial charge is 0.213 e. The van der Waals surface area contributed by atoms with Crippen LogP contribution in [-0.2, 0) is 0 Å². The minimum absolute atomic E-state index is 0.471. The molecule has 0 radical (unpaired) electrons. The number of rotatable bonds is 3. The molecule has 4 aromatic rings. The number of nitrogens with zero attached hydrogens (tertiary/aromatic N) is 2. The standard InChI is InChI=1S/C19H15FN4/c1-21-19-7-6-14(10-23-19)12-2-4-13(5-3-12)16-8-15-9-18(20)22-11-17(15)24-16/h2-11,24H,1H3,(H,21,23). The molecule has 0 fully saturated rings. The summed E-state index contributed by atoms with van der Waals surface area (Å²) in [5.74, 6) is 0.371. The van der Waals surface area contributed by atoms with E-state index in [1.807, 2.05) is 43.6 Å². The van der Waals surface area contributed by atoms with E-state index in [4.69, 9.17) is 0 Å². The number of aromatic nitrogens is 3. The van der Waals surface area contributed by atoms with Gasteiger partial charge in [-0.05, 0) is 29.3 Å². The van der Waals surface area contributed by atoms with Gasteiger partial charge in [0.25, 0.3) is 0 Å². The molecule has 0 saturated heterocycles. The molecule has 0 unspecified atom stereocenters. The lowest BCUT2D eigenvalue weighted by molar-refractivity contribution is 0.586. The van der Waals surface area contributed by atoms with Gasteiger partial charge >= 0.3 is 0 Å². The summed E-state index contributed by atoms with van der Waals surface area (Å²) < 4.78 is 13.2. The Labute approximate surface area is 138 Å². The Morgan fingerprint density at radius 3 is 2.33 bits per heavy atom. The number of halogens is 1. The van der Waals surface area contributed by atoms with E-state index in [1.165, 1.54) is 12.3 Å². The lowest BCUT2D eigenvalue weighted by Crippen LogP contribution is -1.91. The van der Waals surface area contributed by atoms with Crippen LogP contribution < -0.4 is 5.32 Å². The quantitative estimate of drug-likeness (QED) is 0.548. The molecule has 0 spiro atoms. The largest absolute Gasteiger partial charge is 0.373 e. The molecule has 0 bridgehead atoms. The topological polar surface area (TPSA) is 53.6 Å². The third kappa shape index (κ3) is 2.60. The van der Waals surface area contributed by atoms with Crippen molar-refractivity contribution in [3.8, 4) is 22.4 Å². The second-order valence-electron chi connectivity index (χ2n) is 5.54. The molecule has 0 aliphatic carbocycles. The molecule has 0 aliphatic rings. The maximum atomic E-state index is 13.2. The molecule has 118 valence electrons. The van der Waals surface area contributed by atoms with Crippen molar-refractivity contribution in [1.29, 1.82) is 0 Å². The minimum Gasteiger partial charge on any atom is -0.373 e. The number of benzene rings is 1. The van der Waals surface area contributed by atoms with Gasteiger partial charge in [-0.3, -0.25) is 0 Å². The first-order valence-electron chi connectivity index (χ1n) is 7.62. The third-order valence-corrected chi connectivity index (χ3v) is 4.02. The predicted octanol–water partition coefficient (Wildman–Crippen LogP) is 4.47. The summed E-state index contributed by atoms with van der Waals surface area (Å²) in [6.45, 7) is 0. The van der Waals surface area contributed by atoms with Crippen LogP contribution in [0.4, 0.5) is 10.2 Å². The van der Waals surface area contributed by atoms with Gasteiger partial charge in [-0.25, -0.2) is 9.97 Å². The Morgan fingerprint density at radius 1 is 0.875 bits per heavy atom. The molecule has 3 heterocycles. The number of aromatic amines is 1. The number of pyridine rings is 2. The van der Waals surface area contributed by atoms with Gasteiger partial charge in [0.1, 0.15) is 5.82 Å². The highest BCUT2D eigenvalue weighted by Gasteiger charge is 2.06. The van der Waals surface area contributed by atoms with Crippen LogP contribution in [0.1, 0.15) is 0 Å². The predicted molar refractivity (Wildman–Crippen MR) is 94.3 cm³/mol. The number of anilines is 1. The summed E-state index contributed by atoms with van der Waals surface area (Å²) in [5.41, 5.74) is 4.95. The summed E-state index contributed by atoms with van der Waals surface area (Å²) in [4.78, 5) is 11.3. The molecule has 4 rings (SSSR count). The first-order valence-corrected chi connectivity index (χ1v) is 7.62. The molecular formula is C19H15FN4. The van der Waals surface area contributed by atoms with Crippen LogP contribution in [0.3, 0.4) is 0 Å². The van der Waals surface area contributed by atoms with Gasteiger partial charge in [-0.1, -0.05) is 24.3 Å². The maximum absolute atomic E-state index is 13.2. The zero-order valence-electron chi connectivity index (χ0n) is 13.0. The fourth-order valence-corrected chi connectivity index (χ4v) is 2.71. The molecule has 0 aliphatic heterocycles. The average Bonchev–Trinajstić information content (AvgIpc) is 3.05. The average molecular weight is 318 g/mol. The van der Waals surface area contributed by atoms with Gasteiger partial charge < -0.3 is 10.3 Å². The van der Waals surface area contributed by atoms with Crippen LogP contribution in [0.15, 0.2) is 60.9 Å². The van der Waals surface area contributed by atoms with E-state index in [0.29, 0.717) is 0 Å². The van der Waals surface area contributed by atoms with Crippen molar-refractivity contribution >= 4 is 16.7 Å². The minimum atomic E-state index is -0.471. The number of nitrogens with one attached hydrogen (secondary N) is 2. The summed E-state index contributed by atoms with van der Waals surface area (Å²) in [6, 6.07) is 15.5. The van der Waals surface area contributed by atoms with Gasteiger partial charge in [-0.15, -0.1) is 0 Å². The first kappa shape index (κ1) is 14.4. The zero-order chi connectivity index (χ0) is 16.5. The van der Waals surface area contributed by atoms with Crippen LogP contribution in [0.25, 0.3) is 33.3 Å². The molecule has 24 heavy (non-hydrogen) atoms. The normalized spacial score (nSPS) is 10.9. The number of hydrogen-bond donors (Lipinski definition) is 2. The van der Waals surface area contributed by atoms with E-state index < -0.39 is 5.95 Å². The fraction of sp³-hybridized carbons (Fsp3) is 0.0526. The van der Waals surface area contributed by atoms with Crippen LogP contribution in [-0.4, -0.2) is 22.0 Å². The van der Waals surface area contributed by atoms with Gasteiger partial charge in [0.05, 0.1) is 11.7 Å². The van der Waals surface area contributed by atoms with Crippen LogP contribution in [0.5, 0.6) is 0 Å². The van der Waals surface area contributed by atoms with E-state index in [9.17, 15) is 4.39 Å². The summed E-state index contributed by atoms with van der Waals surface area (Å²) in [7, 11) is 1.85. The van der Waals surface area contributed by atoms with E-state index in [-0.39, 0.29) is 0 Å². The van der Waals surface area contributed by atoms with Crippen LogP contribution in [0.2, 0.25) is 0 Å². The van der Waals surface area contributed by atoms with E-state index in [2.05, 4.69) is 32.4 Å². The second-order valence-corrected chi connectivity index (χ2v) is 5.54. The number of H-pyrrole nitrogens is 1. The molecule has 3 aromatic heterocycles. The Balaban J connectivity index is 1.66. The van der Waals surface area contributed by atoms with Crippen molar-refractivity contribution in [2.75, 3.05) is 12.4 Å². The zero-order valence-corrected chi connectivity index (χ0v) is 13.0. The van der Waals surface area contributed by atoms with Crippen molar-refractivity contribution in [3.63, 3.8) is 0 Å². The highest BCUT2D eigenvalue weighted by Crippen LogP contribution is 2.27. The SMILES string of the molecule is CNc1ccc(-c2ccc(-c3cc4cc(F)ncc4[nH]3)cc2)cn1. The van der Waals surface area contributed by atoms with Crippen molar-refractivity contribution in [1.82, 2.24) is 15.0 Å². The van der Waals surface area contributed by atoms with Gasteiger partial charge in [0.2, 0.25) is 5.95 Å². The van der Waals surface area contributed by atoms with Crippen molar-refractivity contribution < 1.29 is 4.39 Å². The monoisotopic (exact) mass is 318 g/mol. The number of hydrogen-bond acceptors (Lipinski definition) is 3. The Kier molecular flexibility index (Phi) is 3.46. The fourth-order valence-electron chi connectivity index (χ4n) is 2.71. The first-order chi connectivity index (χ1) is 11.7. The van der Waals surface area contributed by atoms with E-state index in [1.54, 1.807) is 0 Å². The molecule has 4 nitrogen and oxygen atoms in total. The molecule has 0 saturated carbocycles. The summed E-state index contributed by atoms with van der Waals surface area (Å²) in [6.07, 6.45) is 3.36. The van der Waals surface area contributed by atoms with Crippen molar-refractivity contribution in [2.24, 2.45) is 0 Å². The van der Waals surface area contributed by atoms with Gasteiger partial charge in [0, 0.05) is 36.0 Å². The van der Waals surface area contributed by atoms with Crippen molar-refractivity contribution in [3.05, 3.63) is 66.9 Å².